The fraction of sp³-hybridized carbons (Fsp3) is 0.353. The third-order valence-electron chi connectivity index (χ3n) is 3.35. The molecule has 0 aliphatic rings. The van der Waals surface area contributed by atoms with Crippen LogP contribution in [0.1, 0.15) is 66.8 Å². The maximum Gasteiger partial charge on any atom is 0.228 e. The smallest absolute Gasteiger partial charge is 0.228 e. The van der Waals surface area contributed by atoms with Gasteiger partial charge in [0.1, 0.15) is 0 Å². The standard InChI is InChI=1S/C17H20O2/c1-11(2)13-7-8-14(15(10-13)12(3)4)17(18)16-6-5-9-19-16/h5-12H,1-4H3. The lowest BCUT2D eigenvalue weighted by Crippen LogP contribution is -2.07. The van der Waals surface area contributed by atoms with E-state index in [9.17, 15) is 4.79 Å². The predicted octanol–water partition coefficient (Wildman–Crippen LogP) is 4.76. The van der Waals surface area contributed by atoms with Gasteiger partial charge in [0.05, 0.1) is 6.26 Å². The first-order chi connectivity index (χ1) is 9.00. The molecule has 0 N–H and O–H groups in total. The lowest BCUT2D eigenvalue weighted by molar-refractivity contribution is 0.101. The summed E-state index contributed by atoms with van der Waals surface area (Å²) in [6.45, 7) is 8.54. The summed E-state index contributed by atoms with van der Waals surface area (Å²) in [7, 11) is 0. The SMILES string of the molecule is CC(C)c1ccc(C(=O)c2ccco2)c(C(C)C)c1. The third kappa shape index (κ3) is 2.78. The zero-order valence-corrected chi connectivity index (χ0v) is 11.9. The van der Waals surface area contributed by atoms with Crippen LogP contribution in [0.15, 0.2) is 41.0 Å². The monoisotopic (exact) mass is 256 g/mol. The van der Waals surface area contributed by atoms with Crippen LogP contribution < -0.4 is 0 Å². The highest BCUT2D eigenvalue weighted by Gasteiger charge is 2.18. The second-order valence-electron chi connectivity index (χ2n) is 5.46. The van der Waals surface area contributed by atoms with E-state index in [2.05, 4.69) is 33.8 Å². The molecule has 0 unspecified atom stereocenters. The number of ketones is 1. The minimum atomic E-state index is -0.0380. The minimum Gasteiger partial charge on any atom is -0.461 e. The summed E-state index contributed by atoms with van der Waals surface area (Å²) in [6.07, 6.45) is 1.53. The van der Waals surface area contributed by atoms with Gasteiger partial charge < -0.3 is 4.42 Å². The molecule has 1 heterocycles. The summed E-state index contributed by atoms with van der Waals surface area (Å²) in [5, 5.41) is 0. The Morgan fingerprint density at radius 1 is 1.05 bits per heavy atom. The molecular weight excluding hydrogens is 236 g/mol. The summed E-state index contributed by atoms with van der Waals surface area (Å²) in [5.74, 6) is 1.14. The van der Waals surface area contributed by atoms with Gasteiger partial charge in [0.2, 0.25) is 5.78 Å². The molecule has 0 fully saturated rings. The van der Waals surface area contributed by atoms with Gasteiger partial charge in [0.25, 0.3) is 0 Å². The van der Waals surface area contributed by atoms with Crippen molar-refractivity contribution in [3.63, 3.8) is 0 Å². The molecule has 2 heteroatoms. The fourth-order valence-electron chi connectivity index (χ4n) is 2.17. The minimum absolute atomic E-state index is 0.0380. The molecule has 0 atom stereocenters. The summed E-state index contributed by atoms with van der Waals surface area (Å²) < 4.78 is 5.21. The Bertz CT molecular complexity index is 563. The maximum atomic E-state index is 12.4. The lowest BCUT2D eigenvalue weighted by Gasteiger charge is -2.15. The first-order valence-corrected chi connectivity index (χ1v) is 6.72. The van der Waals surface area contributed by atoms with Gasteiger partial charge in [-0.15, -0.1) is 0 Å². The number of carbonyl (C=O) groups excluding carboxylic acids is 1. The number of benzene rings is 1. The molecule has 1 aromatic heterocycles. The van der Waals surface area contributed by atoms with Gasteiger partial charge in [-0.25, -0.2) is 0 Å². The van der Waals surface area contributed by atoms with Crippen molar-refractivity contribution in [3.05, 3.63) is 59.0 Å². The average molecular weight is 256 g/mol. The molecule has 2 aromatic rings. The zero-order chi connectivity index (χ0) is 14.0. The molecule has 1 aromatic carbocycles. The molecule has 2 nitrogen and oxygen atoms in total. The topological polar surface area (TPSA) is 30.2 Å². The third-order valence-corrected chi connectivity index (χ3v) is 3.35. The van der Waals surface area contributed by atoms with Crippen LogP contribution in [-0.2, 0) is 0 Å². The van der Waals surface area contributed by atoms with Crippen molar-refractivity contribution in [1.29, 1.82) is 0 Å². The van der Waals surface area contributed by atoms with Gasteiger partial charge in [-0.2, -0.15) is 0 Å². The molecular formula is C17H20O2. The summed E-state index contributed by atoms with van der Waals surface area (Å²) >= 11 is 0. The van der Waals surface area contributed by atoms with Crippen LogP contribution in [0.3, 0.4) is 0 Å². The van der Waals surface area contributed by atoms with E-state index in [4.69, 9.17) is 4.42 Å². The van der Waals surface area contributed by atoms with E-state index >= 15 is 0 Å². The van der Waals surface area contributed by atoms with Gasteiger partial charge in [0.15, 0.2) is 5.76 Å². The summed E-state index contributed by atoms with van der Waals surface area (Å²) in [5.41, 5.74) is 3.10. The zero-order valence-electron chi connectivity index (χ0n) is 11.9. The van der Waals surface area contributed by atoms with E-state index in [0.29, 0.717) is 17.6 Å². The number of rotatable bonds is 4. The van der Waals surface area contributed by atoms with Gasteiger partial charge >= 0.3 is 0 Å². The molecule has 100 valence electrons. The highest BCUT2D eigenvalue weighted by molar-refractivity contribution is 6.08. The number of furan rings is 1. The van der Waals surface area contributed by atoms with Crippen molar-refractivity contribution in [3.8, 4) is 0 Å². The van der Waals surface area contributed by atoms with E-state index in [1.807, 2.05) is 12.1 Å². The van der Waals surface area contributed by atoms with Crippen molar-refractivity contribution >= 4 is 5.78 Å². The van der Waals surface area contributed by atoms with Gasteiger partial charge in [-0.1, -0.05) is 45.9 Å². The van der Waals surface area contributed by atoms with Crippen LogP contribution in [0, 0.1) is 0 Å². The van der Waals surface area contributed by atoms with Crippen molar-refractivity contribution in [2.24, 2.45) is 0 Å². The highest BCUT2D eigenvalue weighted by atomic mass is 16.3. The Morgan fingerprint density at radius 3 is 2.32 bits per heavy atom. The Balaban J connectivity index is 2.48. The van der Waals surface area contributed by atoms with Gasteiger partial charge in [-0.05, 0) is 35.1 Å². The highest BCUT2D eigenvalue weighted by Crippen LogP contribution is 2.26. The van der Waals surface area contributed by atoms with E-state index in [1.54, 1.807) is 12.1 Å². The van der Waals surface area contributed by atoms with E-state index in [0.717, 1.165) is 11.1 Å². The molecule has 0 spiro atoms. The largest absolute Gasteiger partial charge is 0.461 e. The number of hydrogen-bond acceptors (Lipinski definition) is 2. The normalized spacial score (nSPS) is 11.3. The molecule has 0 saturated heterocycles. The Hall–Kier alpha value is -1.83. The molecule has 0 amide bonds. The Morgan fingerprint density at radius 2 is 1.79 bits per heavy atom. The quantitative estimate of drug-likeness (QED) is 0.738. The summed E-state index contributed by atoms with van der Waals surface area (Å²) in [4.78, 5) is 12.4. The van der Waals surface area contributed by atoms with Crippen molar-refractivity contribution in [1.82, 2.24) is 0 Å². The van der Waals surface area contributed by atoms with Crippen LogP contribution in [0.2, 0.25) is 0 Å². The number of hydrogen-bond donors (Lipinski definition) is 0. The fourth-order valence-corrected chi connectivity index (χ4v) is 2.17. The second kappa shape index (κ2) is 5.43. The molecule has 0 aliphatic carbocycles. The Labute approximate surface area is 114 Å². The van der Waals surface area contributed by atoms with Crippen LogP contribution in [0.4, 0.5) is 0 Å². The molecule has 0 saturated carbocycles. The first-order valence-electron chi connectivity index (χ1n) is 6.72. The van der Waals surface area contributed by atoms with Crippen molar-refractivity contribution in [2.75, 3.05) is 0 Å². The molecule has 19 heavy (non-hydrogen) atoms. The molecule has 0 aliphatic heterocycles. The average Bonchev–Trinajstić information content (AvgIpc) is 2.90. The first kappa shape index (κ1) is 13.6. The maximum absolute atomic E-state index is 12.4. The second-order valence-corrected chi connectivity index (χ2v) is 5.46. The predicted molar refractivity (Wildman–Crippen MR) is 76.8 cm³/mol. The van der Waals surface area contributed by atoms with Gasteiger partial charge in [-0.3, -0.25) is 4.79 Å². The van der Waals surface area contributed by atoms with Crippen molar-refractivity contribution in [2.45, 2.75) is 39.5 Å². The van der Waals surface area contributed by atoms with E-state index in [-0.39, 0.29) is 5.78 Å². The molecule has 0 radical (unpaired) electrons. The Kier molecular flexibility index (Phi) is 3.89. The van der Waals surface area contributed by atoms with Crippen LogP contribution in [0.25, 0.3) is 0 Å². The van der Waals surface area contributed by atoms with Crippen LogP contribution in [-0.4, -0.2) is 5.78 Å². The van der Waals surface area contributed by atoms with Crippen molar-refractivity contribution < 1.29 is 9.21 Å². The van der Waals surface area contributed by atoms with Crippen LogP contribution >= 0.6 is 0 Å². The lowest BCUT2D eigenvalue weighted by atomic mass is 9.89. The molecule has 2 rings (SSSR count). The van der Waals surface area contributed by atoms with Crippen LogP contribution in [0.5, 0.6) is 0 Å². The van der Waals surface area contributed by atoms with Gasteiger partial charge in [0, 0.05) is 5.56 Å². The number of carbonyl (C=O) groups is 1. The van der Waals surface area contributed by atoms with E-state index in [1.165, 1.54) is 11.8 Å². The summed E-state index contributed by atoms with van der Waals surface area (Å²) in [6, 6.07) is 9.56. The van der Waals surface area contributed by atoms with E-state index < -0.39 is 0 Å². The molecule has 0 bridgehead atoms.